The molecule has 1 saturated carbocycles. The number of amides is 1. The molecule has 1 heterocycles. The summed E-state index contributed by atoms with van der Waals surface area (Å²) in [5.74, 6) is 2.36. The average molecular weight is 210 g/mol. The van der Waals surface area contributed by atoms with Crippen LogP contribution >= 0.6 is 0 Å². The molecule has 1 amide bonds. The molecule has 15 heavy (non-hydrogen) atoms. The third-order valence-corrected chi connectivity index (χ3v) is 4.09. The summed E-state index contributed by atoms with van der Waals surface area (Å²) < 4.78 is 0. The predicted molar refractivity (Wildman–Crippen MR) is 60.5 cm³/mol. The first-order valence-electron chi connectivity index (χ1n) is 6.16. The van der Waals surface area contributed by atoms with E-state index < -0.39 is 0 Å². The van der Waals surface area contributed by atoms with E-state index in [2.05, 4.69) is 17.6 Å². The van der Waals surface area contributed by atoms with Gasteiger partial charge >= 0.3 is 0 Å². The molecule has 0 bridgehead atoms. The highest BCUT2D eigenvalue weighted by atomic mass is 16.1. The SMILES string of the molecule is CC(=O)N[C@@H]1CCCC2[C@H]1CNC[C@@H]2C. The molecule has 1 saturated heterocycles. The number of hydrogen-bond donors (Lipinski definition) is 2. The zero-order valence-corrected chi connectivity index (χ0v) is 9.75. The normalized spacial score (nSPS) is 40.7. The number of rotatable bonds is 1. The lowest BCUT2D eigenvalue weighted by atomic mass is 9.68. The summed E-state index contributed by atoms with van der Waals surface area (Å²) in [5, 5.41) is 6.61. The fourth-order valence-corrected chi connectivity index (χ4v) is 3.37. The van der Waals surface area contributed by atoms with Gasteiger partial charge < -0.3 is 10.6 Å². The van der Waals surface area contributed by atoms with E-state index in [9.17, 15) is 4.79 Å². The first kappa shape index (κ1) is 10.9. The van der Waals surface area contributed by atoms with Crippen LogP contribution in [0.5, 0.6) is 0 Å². The molecule has 0 aromatic heterocycles. The maximum absolute atomic E-state index is 11.1. The molecule has 0 aromatic rings. The second kappa shape index (κ2) is 4.52. The van der Waals surface area contributed by atoms with Crippen molar-refractivity contribution in [2.24, 2.45) is 17.8 Å². The van der Waals surface area contributed by atoms with E-state index in [0.717, 1.165) is 31.3 Å². The van der Waals surface area contributed by atoms with Crippen LogP contribution in [0.15, 0.2) is 0 Å². The molecule has 2 rings (SSSR count). The molecule has 1 aliphatic heterocycles. The Hall–Kier alpha value is -0.570. The fraction of sp³-hybridized carbons (Fsp3) is 0.917. The van der Waals surface area contributed by atoms with Crippen molar-refractivity contribution in [2.45, 2.75) is 39.2 Å². The summed E-state index contributed by atoms with van der Waals surface area (Å²) in [6.07, 6.45) is 3.79. The largest absolute Gasteiger partial charge is 0.353 e. The van der Waals surface area contributed by atoms with Gasteiger partial charge in [-0.05, 0) is 37.1 Å². The summed E-state index contributed by atoms with van der Waals surface area (Å²) in [4.78, 5) is 11.1. The van der Waals surface area contributed by atoms with Gasteiger partial charge in [-0.1, -0.05) is 13.3 Å². The second-order valence-corrected chi connectivity index (χ2v) is 5.20. The molecule has 4 atom stereocenters. The maximum atomic E-state index is 11.1. The van der Waals surface area contributed by atoms with Gasteiger partial charge in [-0.25, -0.2) is 0 Å². The molecule has 0 aromatic carbocycles. The summed E-state index contributed by atoms with van der Waals surface area (Å²) in [6, 6.07) is 0.413. The van der Waals surface area contributed by atoms with Crippen molar-refractivity contribution in [3.8, 4) is 0 Å². The Kier molecular flexibility index (Phi) is 3.29. The van der Waals surface area contributed by atoms with Gasteiger partial charge in [0, 0.05) is 19.5 Å². The monoisotopic (exact) mass is 210 g/mol. The minimum absolute atomic E-state index is 0.124. The molecule has 0 radical (unpaired) electrons. The van der Waals surface area contributed by atoms with Gasteiger partial charge in [-0.15, -0.1) is 0 Å². The van der Waals surface area contributed by atoms with Crippen molar-refractivity contribution < 1.29 is 4.79 Å². The van der Waals surface area contributed by atoms with E-state index in [4.69, 9.17) is 0 Å². The van der Waals surface area contributed by atoms with Crippen LogP contribution in [0, 0.1) is 17.8 Å². The highest BCUT2D eigenvalue weighted by Gasteiger charge is 2.38. The van der Waals surface area contributed by atoms with Crippen LogP contribution in [0.4, 0.5) is 0 Å². The van der Waals surface area contributed by atoms with E-state index in [1.807, 2.05) is 0 Å². The Labute approximate surface area is 92.0 Å². The zero-order valence-electron chi connectivity index (χ0n) is 9.75. The van der Waals surface area contributed by atoms with Crippen molar-refractivity contribution in [3.05, 3.63) is 0 Å². The van der Waals surface area contributed by atoms with Crippen molar-refractivity contribution >= 4 is 5.91 Å². The van der Waals surface area contributed by atoms with Crippen molar-refractivity contribution in [2.75, 3.05) is 13.1 Å². The zero-order chi connectivity index (χ0) is 10.8. The number of hydrogen-bond acceptors (Lipinski definition) is 2. The van der Waals surface area contributed by atoms with Gasteiger partial charge in [0.15, 0.2) is 0 Å². The summed E-state index contributed by atoms with van der Waals surface area (Å²) in [7, 11) is 0. The van der Waals surface area contributed by atoms with E-state index in [0.29, 0.717) is 12.0 Å². The predicted octanol–water partition coefficient (Wildman–Crippen LogP) is 1.15. The number of carbonyl (C=O) groups excluding carboxylic acids is 1. The van der Waals surface area contributed by atoms with Crippen LogP contribution < -0.4 is 10.6 Å². The van der Waals surface area contributed by atoms with E-state index >= 15 is 0 Å². The Balaban J connectivity index is 2.03. The average Bonchev–Trinajstić information content (AvgIpc) is 2.19. The molecule has 3 nitrogen and oxygen atoms in total. The van der Waals surface area contributed by atoms with Crippen LogP contribution in [0.25, 0.3) is 0 Å². The highest BCUT2D eigenvalue weighted by molar-refractivity contribution is 5.73. The summed E-state index contributed by atoms with van der Waals surface area (Å²) in [6.45, 7) is 6.19. The molecule has 2 aliphatic rings. The van der Waals surface area contributed by atoms with E-state index in [-0.39, 0.29) is 5.91 Å². The lowest BCUT2D eigenvalue weighted by molar-refractivity contribution is -0.120. The molecule has 0 spiro atoms. The molecular formula is C12H22N2O. The molecule has 1 unspecified atom stereocenters. The summed E-state index contributed by atoms with van der Waals surface area (Å²) >= 11 is 0. The molecule has 1 aliphatic carbocycles. The Morgan fingerprint density at radius 3 is 2.80 bits per heavy atom. The molecule has 2 fully saturated rings. The van der Waals surface area contributed by atoms with Crippen molar-refractivity contribution in [3.63, 3.8) is 0 Å². The first-order valence-corrected chi connectivity index (χ1v) is 6.16. The first-order chi connectivity index (χ1) is 7.18. The molecular weight excluding hydrogens is 188 g/mol. The maximum Gasteiger partial charge on any atom is 0.217 e. The van der Waals surface area contributed by atoms with Gasteiger partial charge in [-0.2, -0.15) is 0 Å². The molecule has 86 valence electrons. The lowest BCUT2D eigenvalue weighted by Gasteiger charge is -2.45. The van der Waals surface area contributed by atoms with Gasteiger partial charge in [0.25, 0.3) is 0 Å². The smallest absolute Gasteiger partial charge is 0.217 e. The third-order valence-electron chi connectivity index (χ3n) is 4.09. The quantitative estimate of drug-likeness (QED) is 0.681. The highest BCUT2D eigenvalue weighted by Crippen LogP contribution is 2.36. The fourth-order valence-electron chi connectivity index (χ4n) is 3.37. The number of carbonyl (C=O) groups is 1. The Morgan fingerprint density at radius 1 is 1.27 bits per heavy atom. The number of fused-ring (bicyclic) bond motifs is 1. The number of piperidine rings is 1. The number of nitrogens with one attached hydrogen (secondary N) is 2. The third kappa shape index (κ3) is 2.33. The lowest BCUT2D eigenvalue weighted by Crippen LogP contribution is -2.54. The Morgan fingerprint density at radius 2 is 2.07 bits per heavy atom. The van der Waals surface area contributed by atoms with Crippen LogP contribution in [-0.4, -0.2) is 25.0 Å². The molecule has 3 heteroatoms. The van der Waals surface area contributed by atoms with Gasteiger partial charge in [0.2, 0.25) is 5.91 Å². The standard InChI is InChI=1S/C12H22N2O/c1-8-6-13-7-11-10(8)4-3-5-12(11)14-9(2)15/h8,10-13H,3-7H2,1-2H3,(H,14,15)/t8-,10?,11+,12+/m0/s1. The van der Waals surface area contributed by atoms with Crippen LogP contribution in [0.1, 0.15) is 33.1 Å². The topological polar surface area (TPSA) is 41.1 Å². The van der Waals surface area contributed by atoms with Gasteiger partial charge in [0.05, 0.1) is 0 Å². The van der Waals surface area contributed by atoms with Crippen molar-refractivity contribution in [1.82, 2.24) is 10.6 Å². The van der Waals surface area contributed by atoms with Crippen LogP contribution in [0.2, 0.25) is 0 Å². The van der Waals surface area contributed by atoms with Crippen LogP contribution in [-0.2, 0) is 4.79 Å². The Bertz CT molecular complexity index is 242. The molecule has 2 N–H and O–H groups in total. The van der Waals surface area contributed by atoms with E-state index in [1.54, 1.807) is 6.92 Å². The summed E-state index contributed by atoms with van der Waals surface area (Å²) in [5.41, 5.74) is 0. The van der Waals surface area contributed by atoms with Gasteiger partial charge in [-0.3, -0.25) is 4.79 Å². The van der Waals surface area contributed by atoms with Crippen LogP contribution in [0.3, 0.4) is 0 Å². The minimum Gasteiger partial charge on any atom is -0.353 e. The van der Waals surface area contributed by atoms with Gasteiger partial charge in [0.1, 0.15) is 0 Å². The minimum atomic E-state index is 0.124. The van der Waals surface area contributed by atoms with Crippen molar-refractivity contribution in [1.29, 1.82) is 0 Å². The van der Waals surface area contributed by atoms with E-state index in [1.165, 1.54) is 12.8 Å². The second-order valence-electron chi connectivity index (χ2n) is 5.20.